The Labute approximate surface area is 101 Å². The van der Waals surface area contributed by atoms with Crippen molar-refractivity contribution in [2.24, 2.45) is 0 Å². The third kappa shape index (κ3) is 2.04. The summed E-state index contributed by atoms with van der Waals surface area (Å²) in [6.45, 7) is 6.00. The number of allylic oxidation sites excluding steroid dienone is 1. The zero-order valence-corrected chi connectivity index (χ0v) is 9.65. The van der Waals surface area contributed by atoms with Gasteiger partial charge >= 0.3 is 0 Å². The van der Waals surface area contributed by atoms with E-state index in [9.17, 15) is 4.79 Å². The number of benzene rings is 2. The number of carbonyl (C=O) groups excluding carboxylic acids is 1. The summed E-state index contributed by atoms with van der Waals surface area (Å²) in [4.78, 5) is 11.3. The highest BCUT2D eigenvalue weighted by molar-refractivity contribution is 6.03. The molecule has 2 aromatic carbocycles. The fraction of sp³-hybridized carbons (Fsp3) is 0.0625. The maximum Gasteiger partial charge on any atom is 0.160 e. The van der Waals surface area contributed by atoms with Crippen molar-refractivity contribution in [3.63, 3.8) is 0 Å². The van der Waals surface area contributed by atoms with Crippen LogP contribution >= 0.6 is 0 Å². The van der Waals surface area contributed by atoms with Gasteiger partial charge in [-0.1, -0.05) is 42.5 Å². The predicted molar refractivity (Wildman–Crippen MR) is 72.9 cm³/mol. The van der Waals surface area contributed by atoms with Gasteiger partial charge in [-0.05, 0) is 28.0 Å². The molecule has 3 rings (SSSR count). The molecule has 0 spiro atoms. The first kappa shape index (κ1) is 11.3. The van der Waals surface area contributed by atoms with Gasteiger partial charge in [-0.3, -0.25) is 4.79 Å². The average Bonchev–Trinajstić information content (AvgIpc) is 2.40. The van der Waals surface area contributed by atoms with E-state index in [1.54, 1.807) is 6.08 Å². The van der Waals surface area contributed by atoms with Gasteiger partial charge in [0.15, 0.2) is 5.78 Å². The largest absolute Gasteiger partial charge is 0.294 e. The first-order valence-corrected chi connectivity index (χ1v) is 5.56. The maximum atomic E-state index is 11.3. The highest BCUT2D eigenvalue weighted by atomic mass is 16.1. The normalized spacial score (nSPS) is 12.8. The molecular formula is C16H14O. The van der Waals surface area contributed by atoms with Crippen LogP contribution in [0, 0.1) is 0 Å². The number of carbonyl (C=O) groups is 1. The third-order valence-corrected chi connectivity index (χ3v) is 2.86. The summed E-state index contributed by atoms with van der Waals surface area (Å²) in [6, 6.07) is 12.4. The molecule has 84 valence electrons. The molecule has 0 bridgehead atoms. The van der Waals surface area contributed by atoms with Crippen molar-refractivity contribution in [2.45, 2.75) is 6.42 Å². The molecule has 0 saturated carbocycles. The van der Waals surface area contributed by atoms with E-state index in [2.05, 4.69) is 37.4 Å². The van der Waals surface area contributed by atoms with Crippen molar-refractivity contribution in [3.05, 3.63) is 66.8 Å². The van der Waals surface area contributed by atoms with Crippen LogP contribution in [0.5, 0.6) is 0 Å². The molecule has 0 N–H and O–H groups in total. The second-order valence-corrected chi connectivity index (χ2v) is 3.84. The fourth-order valence-corrected chi connectivity index (χ4v) is 2.11. The molecular weight excluding hydrogens is 208 g/mol. The summed E-state index contributed by atoms with van der Waals surface area (Å²) in [5.74, 6) is 0.192. The first-order valence-electron chi connectivity index (χ1n) is 5.56. The molecule has 1 heteroatoms. The van der Waals surface area contributed by atoms with Gasteiger partial charge in [0.05, 0.1) is 0 Å². The monoisotopic (exact) mass is 222 g/mol. The van der Waals surface area contributed by atoms with E-state index in [1.165, 1.54) is 16.3 Å². The van der Waals surface area contributed by atoms with Crippen LogP contribution in [0.2, 0.25) is 0 Å². The summed E-state index contributed by atoms with van der Waals surface area (Å²) < 4.78 is 0. The zero-order chi connectivity index (χ0) is 12.3. The number of hydrogen-bond donors (Lipinski definition) is 0. The smallest absolute Gasteiger partial charge is 0.160 e. The van der Waals surface area contributed by atoms with Crippen molar-refractivity contribution in [3.8, 4) is 0 Å². The van der Waals surface area contributed by atoms with E-state index in [1.807, 2.05) is 18.2 Å². The fourth-order valence-electron chi connectivity index (χ4n) is 2.11. The second kappa shape index (κ2) is 4.79. The number of fused-ring (bicyclic) bond motifs is 3. The summed E-state index contributed by atoms with van der Waals surface area (Å²) in [6.07, 6.45) is 4.15. The summed E-state index contributed by atoms with van der Waals surface area (Å²) in [5, 5.41) is 2.47. The van der Waals surface area contributed by atoms with Gasteiger partial charge in [-0.2, -0.15) is 0 Å². The zero-order valence-electron chi connectivity index (χ0n) is 9.65. The van der Waals surface area contributed by atoms with Crippen LogP contribution in [-0.4, -0.2) is 5.78 Å². The van der Waals surface area contributed by atoms with Crippen LogP contribution in [0.4, 0.5) is 0 Å². The van der Waals surface area contributed by atoms with E-state index in [0.29, 0.717) is 6.42 Å². The van der Waals surface area contributed by atoms with E-state index in [4.69, 9.17) is 0 Å². The quantitative estimate of drug-likeness (QED) is 0.620. The molecule has 1 aliphatic carbocycles. The van der Waals surface area contributed by atoms with Crippen molar-refractivity contribution in [1.29, 1.82) is 0 Å². The van der Waals surface area contributed by atoms with Crippen LogP contribution < -0.4 is 0 Å². The Hall–Kier alpha value is -2.15. The Morgan fingerprint density at radius 2 is 1.71 bits per heavy atom. The summed E-state index contributed by atoms with van der Waals surface area (Å²) >= 11 is 0. The Balaban J connectivity index is 0.000000514. The lowest BCUT2D eigenvalue weighted by molar-refractivity contribution is -0.114. The Morgan fingerprint density at radius 1 is 0.941 bits per heavy atom. The average molecular weight is 222 g/mol. The Kier molecular flexibility index (Phi) is 3.20. The number of hydrogen-bond acceptors (Lipinski definition) is 1. The lowest BCUT2D eigenvalue weighted by Gasteiger charge is -2.12. The molecule has 0 aliphatic heterocycles. The van der Waals surface area contributed by atoms with Crippen molar-refractivity contribution >= 4 is 22.6 Å². The minimum Gasteiger partial charge on any atom is -0.294 e. The molecule has 2 aromatic rings. The van der Waals surface area contributed by atoms with Crippen molar-refractivity contribution < 1.29 is 4.79 Å². The van der Waals surface area contributed by atoms with Gasteiger partial charge in [0.1, 0.15) is 0 Å². The van der Waals surface area contributed by atoms with Gasteiger partial charge in [0.2, 0.25) is 0 Å². The molecule has 0 atom stereocenters. The van der Waals surface area contributed by atoms with Crippen LogP contribution in [0.25, 0.3) is 16.8 Å². The lowest BCUT2D eigenvalue weighted by atomic mass is 9.92. The molecule has 1 aliphatic rings. The Bertz CT molecular complexity index is 593. The third-order valence-electron chi connectivity index (χ3n) is 2.86. The summed E-state index contributed by atoms with van der Waals surface area (Å²) in [5.41, 5.74) is 2.34. The van der Waals surface area contributed by atoms with Gasteiger partial charge in [-0.25, -0.2) is 0 Å². The molecule has 17 heavy (non-hydrogen) atoms. The van der Waals surface area contributed by atoms with Crippen LogP contribution in [0.1, 0.15) is 11.1 Å². The second-order valence-electron chi connectivity index (χ2n) is 3.84. The minimum atomic E-state index is 0.192. The Morgan fingerprint density at radius 3 is 2.53 bits per heavy atom. The minimum absolute atomic E-state index is 0.192. The molecule has 0 amide bonds. The van der Waals surface area contributed by atoms with Gasteiger partial charge < -0.3 is 0 Å². The van der Waals surface area contributed by atoms with E-state index < -0.39 is 0 Å². The molecule has 0 radical (unpaired) electrons. The van der Waals surface area contributed by atoms with Crippen molar-refractivity contribution in [2.75, 3.05) is 0 Å². The standard InChI is InChI=1S/C14H10O.C2H4/c15-12-7-8-14-11(9-12)6-5-10-3-1-2-4-13(10)14;1-2/h1-8H,9H2;1-2H2. The van der Waals surface area contributed by atoms with E-state index in [0.717, 1.165) is 5.56 Å². The highest BCUT2D eigenvalue weighted by Gasteiger charge is 2.11. The highest BCUT2D eigenvalue weighted by Crippen LogP contribution is 2.26. The van der Waals surface area contributed by atoms with Gasteiger partial charge in [0.25, 0.3) is 0 Å². The van der Waals surface area contributed by atoms with Crippen LogP contribution in [-0.2, 0) is 11.2 Å². The molecule has 0 saturated heterocycles. The first-order chi connectivity index (χ1) is 8.34. The predicted octanol–water partition coefficient (Wildman–Crippen LogP) is 3.78. The van der Waals surface area contributed by atoms with Gasteiger partial charge in [0, 0.05) is 6.42 Å². The van der Waals surface area contributed by atoms with Crippen LogP contribution in [0.3, 0.4) is 0 Å². The topological polar surface area (TPSA) is 17.1 Å². The number of rotatable bonds is 0. The molecule has 0 unspecified atom stereocenters. The van der Waals surface area contributed by atoms with E-state index in [-0.39, 0.29) is 5.78 Å². The molecule has 1 nitrogen and oxygen atoms in total. The number of ketones is 1. The molecule has 0 aromatic heterocycles. The van der Waals surface area contributed by atoms with Crippen LogP contribution in [0.15, 0.2) is 55.6 Å². The summed E-state index contributed by atoms with van der Waals surface area (Å²) in [7, 11) is 0. The van der Waals surface area contributed by atoms with Crippen molar-refractivity contribution in [1.82, 2.24) is 0 Å². The van der Waals surface area contributed by atoms with Gasteiger partial charge in [-0.15, -0.1) is 13.2 Å². The lowest BCUT2D eigenvalue weighted by Crippen LogP contribution is -2.05. The molecule has 0 fully saturated rings. The molecule has 0 heterocycles. The maximum absolute atomic E-state index is 11.3. The SMILES string of the molecule is C=C.O=C1C=Cc2c(ccc3ccccc23)C1. The van der Waals surface area contributed by atoms with E-state index >= 15 is 0 Å².